The summed E-state index contributed by atoms with van der Waals surface area (Å²) in [7, 11) is 0. The van der Waals surface area contributed by atoms with Crippen molar-refractivity contribution in [3.8, 4) is 0 Å². The molecule has 5 nitrogen and oxygen atoms in total. The van der Waals surface area contributed by atoms with Crippen LogP contribution in [0.5, 0.6) is 0 Å². The minimum absolute atomic E-state index is 0.0384. The Morgan fingerprint density at radius 3 is 2.60 bits per heavy atom. The number of halogens is 3. The normalized spacial score (nSPS) is 12.8. The molecule has 9 heteroatoms. The van der Waals surface area contributed by atoms with Gasteiger partial charge in [-0.1, -0.05) is 6.07 Å². The Kier molecular flexibility index (Phi) is 5.37. The molecule has 1 aromatic rings. The summed E-state index contributed by atoms with van der Waals surface area (Å²) in [4.78, 5) is 25.0. The van der Waals surface area contributed by atoms with E-state index in [0.717, 1.165) is 24.8 Å². The number of nitrogens with one attached hydrogen (secondary N) is 1. The van der Waals surface area contributed by atoms with Crippen LogP contribution in [0.4, 0.5) is 13.2 Å². The molecule has 0 bridgehead atoms. The average molecular weight is 308 g/mol. The fourth-order valence-corrected chi connectivity index (χ4v) is 2.14. The Hall–Kier alpha value is -1.77. The predicted octanol–water partition coefficient (Wildman–Crippen LogP) is 1.78. The van der Waals surface area contributed by atoms with Crippen LogP contribution in [-0.4, -0.2) is 33.8 Å². The molecule has 2 N–H and O–H groups in total. The van der Waals surface area contributed by atoms with Crippen LogP contribution in [0.1, 0.15) is 12.6 Å². The van der Waals surface area contributed by atoms with Crippen molar-refractivity contribution in [1.29, 1.82) is 0 Å². The molecule has 1 aromatic heterocycles. The summed E-state index contributed by atoms with van der Waals surface area (Å²) in [5.74, 6) is -1.92. The summed E-state index contributed by atoms with van der Waals surface area (Å²) < 4.78 is 37.3. The first-order valence-corrected chi connectivity index (χ1v) is 6.35. The number of carboxylic acids is 1. The summed E-state index contributed by atoms with van der Waals surface area (Å²) in [6, 6.07) is 2.17. The van der Waals surface area contributed by atoms with Gasteiger partial charge in [-0.05, 0) is 12.1 Å². The smallest absolute Gasteiger partial charge is 0.433 e. The third-order valence-corrected chi connectivity index (χ3v) is 3.11. The van der Waals surface area contributed by atoms with Crippen LogP contribution in [0, 0.1) is 0 Å². The number of nitrogens with zero attached hydrogens (tertiary/aromatic N) is 1. The Bertz CT molecular complexity index is 508. The number of alkyl halides is 3. The van der Waals surface area contributed by atoms with Crippen LogP contribution in [0.3, 0.4) is 0 Å². The van der Waals surface area contributed by atoms with Gasteiger partial charge >= 0.3 is 12.1 Å². The highest BCUT2D eigenvalue weighted by atomic mass is 32.2. The van der Waals surface area contributed by atoms with E-state index in [4.69, 9.17) is 5.11 Å². The maximum Gasteiger partial charge on any atom is 0.433 e. The Morgan fingerprint density at radius 2 is 2.10 bits per heavy atom. The van der Waals surface area contributed by atoms with Crippen molar-refractivity contribution >= 4 is 23.6 Å². The lowest BCUT2D eigenvalue weighted by atomic mass is 10.3. The number of thioether (sulfide) groups is 1. The van der Waals surface area contributed by atoms with E-state index in [9.17, 15) is 22.8 Å². The van der Waals surface area contributed by atoms with Crippen LogP contribution >= 0.6 is 11.8 Å². The highest BCUT2D eigenvalue weighted by Crippen LogP contribution is 2.29. The third kappa shape index (κ3) is 5.08. The monoisotopic (exact) mass is 308 g/mol. The first kappa shape index (κ1) is 16.3. The van der Waals surface area contributed by atoms with E-state index in [-0.39, 0.29) is 10.8 Å². The number of rotatable bonds is 5. The fourth-order valence-electron chi connectivity index (χ4n) is 1.24. The predicted molar refractivity (Wildman–Crippen MR) is 65.2 cm³/mol. The summed E-state index contributed by atoms with van der Waals surface area (Å²) >= 11 is 0.822. The molecule has 0 aliphatic carbocycles. The molecule has 0 saturated carbocycles. The van der Waals surface area contributed by atoms with Gasteiger partial charge in [-0.3, -0.25) is 4.79 Å². The second-order valence-electron chi connectivity index (χ2n) is 3.76. The molecule has 0 fully saturated rings. The van der Waals surface area contributed by atoms with Crippen molar-refractivity contribution in [3.05, 3.63) is 23.9 Å². The summed E-state index contributed by atoms with van der Waals surface area (Å²) in [6.07, 6.45) is -4.56. The van der Waals surface area contributed by atoms with Gasteiger partial charge in [0.05, 0.1) is 5.03 Å². The Morgan fingerprint density at radius 1 is 1.45 bits per heavy atom. The molecule has 0 aromatic carbocycles. The fraction of sp³-hybridized carbons (Fsp3) is 0.364. The second-order valence-corrected chi connectivity index (χ2v) is 4.80. The lowest BCUT2D eigenvalue weighted by molar-refractivity contribution is -0.142. The standard InChI is InChI=1S/C11H11F3N2O3S/c1-6(17)15-7(10(18)19)5-20-9-4-2-3-8(16-9)11(12,13)14/h2-4,7H,5H2,1H3,(H,15,17)(H,18,19)/t7-/m0/s1. The van der Waals surface area contributed by atoms with Crippen molar-refractivity contribution < 1.29 is 27.9 Å². The number of aromatic nitrogens is 1. The Balaban J connectivity index is 2.73. The highest BCUT2D eigenvalue weighted by Gasteiger charge is 2.32. The number of carbonyl (C=O) groups is 2. The van der Waals surface area contributed by atoms with Crippen molar-refractivity contribution in [1.82, 2.24) is 10.3 Å². The molecule has 0 aliphatic heterocycles. The quantitative estimate of drug-likeness (QED) is 0.811. The van der Waals surface area contributed by atoms with Crippen LogP contribution < -0.4 is 5.32 Å². The molecule has 0 spiro atoms. The number of aliphatic carboxylic acids is 1. The molecular formula is C11H11F3N2O3S. The first-order chi connectivity index (χ1) is 9.20. The van der Waals surface area contributed by atoms with Crippen LogP contribution in [0.2, 0.25) is 0 Å². The van der Waals surface area contributed by atoms with Gasteiger partial charge in [0.2, 0.25) is 5.91 Å². The molecule has 0 radical (unpaired) electrons. The van der Waals surface area contributed by atoms with E-state index in [1.807, 2.05) is 0 Å². The van der Waals surface area contributed by atoms with Crippen LogP contribution in [-0.2, 0) is 15.8 Å². The lowest BCUT2D eigenvalue weighted by Gasteiger charge is -2.13. The zero-order valence-corrected chi connectivity index (χ0v) is 11.1. The summed E-state index contributed by atoms with van der Waals surface area (Å²) in [5, 5.41) is 11.1. The second kappa shape index (κ2) is 6.60. The molecule has 110 valence electrons. The summed E-state index contributed by atoms with van der Waals surface area (Å²) in [6.45, 7) is 1.16. The number of hydrogen-bond acceptors (Lipinski definition) is 4. The largest absolute Gasteiger partial charge is 0.480 e. The molecule has 0 saturated heterocycles. The van der Waals surface area contributed by atoms with E-state index in [1.165, 1.54) is 12.1 Å². The molecule has 0 unspecified atom stereocenters. The van der Waals surface area contributed by atoms with Crippen molar-refractivity contribution in [2.24, 2.45) is 0 Å². The molecule has 20 heavy (non-hydrogen) atoms. The highest BCUT2D eigenvalue weighted by molar-refractivity contribution is 7.99. The van der Waals surface area contributed by atoms with E-state index >= 15 is 0 Å². The van der Waals surface area contributed by atoms with Crippen LogP contribution in [0.25, 0.3) is 0 Å². The first-order valence-electron chi connectivity index (χ1n) is 5.37. The SMILES string of the molecule is CC(=O)N[C@@H](CSc1cccc(C(F)(F)F)n1)C(=O)O. The minimum atomic E-state index is -4.56. The molecule has 1 rings (SSSR count). The number of pyridine rings is 1. The molecule has 0 aliphatic rings. The number of hydrogen-bond donors (Lipinski definition) is 2. The van der Waals surface area contributed by atoms with Gasteiger partial charge in [0.25, 0.3) is 0 Å². The molecular weight excluding hydrogens is 297 g/mol. The van der Waals surface area contributed by atoms with Gasteiger partial charge < -0.3 is 10.4 Å². The van der Waals surface area contributed by atoms with E-state index in [0.29, 0.717) is 0 Å². The van der Waals surface area contributed by atoms with Gasteiger partial charge in [-0.15, -0.1) is 11.8 Å². The minimum Gasteiger partial charge on any atom is -0.480 e. The Labute approximate surface area is 116 Å². The van der Waals surface area contributed by atoms with Crippen molar-refractivity contribution in [3.63, 3.8) is 0 Å². The van der Waals surface area contributed by atoms with E-state index in [2.05, 4.69) is 10.3 Å². The van der Waals surface area contributed by atoms with Crippen LogP contribution in [0.15, 0.2) is 23.2 Å². The third-order valence-electron chi connectivity index (χ3n) is 2.09. The maximum atomic E-state index is 12.4. The van der Waals surface area contributed by atoms with Crippen molar-refractivity contribution in [2.45, 2.75) is 24.2 Å². The van der Waals surface area contributed by atoms with Gasteiger partial charge in [-0.25, -0.2) is 9.78 Å². The average Bonchev–Trinajstić information content (AvgIpc) is 2.33. The maximum absolute atomic E-state index is 12.4. The zero-order chi connectivity index (χ0) is 15.3. The lowest BCUT2D eigenvalue weighted by Crippen LogP contribution is -2.41. The van der Waals surface area contributed by atoms with Gasteiger partial charge in [0.15, 0.2) is 0 Å². The van der Waals surface area contributed by atoms with E-state index < -0.39 is 29.8 Å². The molecule has 1 amide bonds. The number of carboxylic acid groups (broad SMARTS) is 1. The van der Waals surface area contributed by atoms with E-state index in [1.54, 1.807) is 0 Å². The van der Waals surface area contributed by atoms with Gasteiger partial charge in [-0.2, -0.15) is 13.2 Å². The van der Waals surface area contributed by atoms with Crippen molar-refractivity contribution in [2.75, 3.05) is 5.75 Å². The topological polar surface area (TPSA) is 79.3 Å². The van der Waals surface area contributed by atoms with Gasteiger partial charge in [0.1, 0.15) is 11.7 Å². The summed E-state index contributed by atoms with van der Waals surface area (Å²) in [5.41, 5.74) is -1.05. The van der Waals surface area contributed by atoms with Gasteiger partial charge in [0, 0.05) is 12.7 Å². The number of carbonyl (C=O) groups excluding carboxylic acids is 1. The zero-order valence-electron chi connectivity index (χ0n) is 10.3. The molecule has 1 atom stereocenters. The number of amides is 1. The molecule has 1 heterocycles.